The molecule has 0 bridgehead atoms. The molecule has 0 spiro atoms. The summed E-state index contributed by atoms with van der Waals surface area (Å²) < 4.78 is 14.4. The van der Waals surface area contributed by atoms with Crippen LogP contribution in [-0.2, 0) is 17.9 Å². The molecule has 1 aromatic heterocycles. The van der Waals surface area contributed by atoms with E-state index in [-0.39, 0.29) is 24.5 Å². The van der Waals surface area contributed by atoms with Gasteiger partial charge in [0.25, 0.3) is 5.69 Å². The molecular weight excluding hydrogens is 285 g/mol. The summed E-state index contributed by atoms with van der Waals surface area (Å²) in [5.74, 6) is -1.79. The van der Waals surface area contributed by atoms with Gasteiger partial charge >= 0.3 is 5.97 Å². The quantitative estimate of drug-likeness (QED) is 0.602. The van der Waals surface area contributed by atoms with Crippen molar-refractivity contribution in [2.75, 3.05) is 5.32 Å². The molecule has 2 N–H and O–H groups in total. The number of anilines is 1. The Hall–Kier alpha value is -3.04. The van der Waals surface area contributed by atoms with E-state index in [2.05, 4.69) is 15.6 Å². The van der Waals surface area contributed by atoms with E-state index in [1.807, 2.05) is 0 Å². The lowest BCUT2D eigenvalue weighted by molar-refractivity contribution is -0.385. The van der Waals surface area contributed by atoms with E-state index in [9.17, 15) is 19.3 Å². The fourth-order valence-corrected chi connectivity index (χ4v) is 1.61. The Kier molecular flexibility index (Phi) is 4.07. The molecule has 0 aliphatic carbocycles. The monoisotopic (exact) mass is 295 g/mol. The number of aromatic nitrogens is 3. The van der Waals surface area contributed by atoms with Crippen molar-refractivity contribution in [2.24, 2.45) is 0 Å². The molecule has 0 radical (unpaired) electrons. The predicted octanol–water partition coefficient (Wildman–Crippen LogP) is 1.02. The number of rotatable bonds is 6. The van der Waals surface area contributed by atoms with Gasteiger partial charge in [-0.15, -0.1) is 5.10 Å². The minimum Gasteiger partial charge on any atom is -0.480 e. The lowest BCUT2D eigenvalue weighted by Gasteiger charge is -2.04. The Labute approximate surface area is 117 Å². The van der Waals surface area contributed by atoms with E-state index in [1.165, 1.54) is 12.3 Å². The highest BCUT2D eigenvalue weighted by Gasteiger charge is 2.10. The Bertz CT molecular complexity index is 687. The number of carboxylic acid groups (broad SMARTS) is 1. The zero-order chi connectivity index (χ0) is 15.4. The molecule has 21 heavy (non-hydrogen) atoms. The van der Waals surface area contributed by atoms with Crippen molar-refractivity contribution in [3.63, 3.8) is 0 Å². The van der Waals surface area contributed by atoms with Gasteiger partial charge in [-0.25, -0.2) is 9.07 Å². The molecule has 1 aromatic carbocycles. The summed E-state index contributed by atoms with van der Waals surface area (Å²) in [6.07, 6.45) is 1.41. The molecule has 0 aliphatic rings. The number of hydrogen-bond acceptors (Lipinski definition) is 6. The molecule has 0 aliphatic heterocycles. The number of carboxylic acids is 1. The van der Waals surface area contributed by atoms with Crippen molar-refractivity contribution in [3.05, 3.63) is 46.0 Å². The fourth-order valence-electron chi connectivity index (χ4n) is 1.61. The van der Waals surface area contributed by atoms with Crippen LogP contribution in [0.15, 0.2) is 24.4 Å². The van der Waals surface area contributed by atoms with Gasteiger partial charge in [-0.1, -0.05) is 5.21 Å². The molecule has 9 nitrogen and oxygen atoms in total. The maximum Gasteiger partial charge on any atom is 0.325 e. The van der Waals surface area contributed by atoms with Crippen molar-refractivity contribution in [2.45, 2.75) is 13.1 Å². The first-order chi connectivity index (χ1) is 9.94. The first-order valence-corrected chi connectivity index (χ1v) is 5.73. The Morgan fingerprint density at radius 3 is 2.90 bits per heavy atom. The van der Waals surface area contributed by atoms with Gasteiger partial charge < -0.3 is 10.4 Å². The normalized spacial score (nSPS) is 10.3. The number of non-ortho nitro benzene ring substituents is 1. The third-order valence-electron chi connectivity index (χ3n) is 2.45. The molecule has 0 fully saturated rings. The number of carbonyl (C=O) groups is 1. The summed E-state index contributed by atoms with van der Waals surface area (Å²) in [6, 6.07) is 3.10. The van der Waals surface area contributed by atoms with Crippen LogP contribution in [0, 0.1) is 15.9 Å². The molecule has 10 heteroatoms. The molecule has 0 saturated heterocycles. The minimum atomic E-state index is -1.06. The standard InChI is InChI=1S/C11H10FN5O4/c12-7-1-8(3-10(2-7)17(20)21)13-4-9-5-16(15-14-9)6-11(18)19/h1-3,5,13H,4,6H2,(H,18,19). The third-order valence-corrected chi connectivity index (χ3v) is 2.45. The number of halogens is 1. The van der Waals surface area contributed by atoms with Crippen molar-refractivity contribution < 1.29 is 19.2 Å². The summed E-state index contributed by atoms with van der Waals surface area (Å²) in [7, 11) is 0. The number of nitrogens with zero attached hydrogens (tertiary/aromatic N) is 4. The van der Waals surface area contributed by atoms with Crippen LogP contribution in [0.25, 0.3) is 0 Å². The van der Waals surface area contributed by atoms with E-state index in [0.717, 1.165) is 16.8 Å². The van der Waals surface area contributed by atoms with Crippen LogP contribution in [0.4, 0.5) is 15.8 Å². The van der Waals surface area contributed by atoms with Crippen molar-refractivity contribution >= 4 is 17.3 Å². The van der Waals surface area contributed by atoms with Gasteiger partial charge in [0.1, 0.15) is 18.1 Å². The number of aliphatic carboxylic acids is 1. The Morgan fingerprint density at radius 2 is 2.24 bits per heavy atom. The molecular formula is C11H10FN5O4. The van der Waals surface area contributed by atoms with Crippen LogP contribution in [0.2, 0.25) is 0 Å². The number of nitro benzene ring substituents is 1. The summed E-state index contributed by atoms with van der Waals surface area (Å²) >= 11 is 0. The molecule has 2 aromatic rings. The SMILES string of the molecule is O=C(O)Cn1cc(CNc2cc(F)cc([N+](=O)[O-])c2)nn1. The molecule has 1 heterocycles. The van der Waals surface area contributed by atoms with Gasteiger partial charge in [0.05, 0.1) is 23.7 Å². The molecule has 0 atom stereocenters. The minimum absolute atomic E-state index is 0.125. The molecule has 0 unspecified atom stereocenters. The molecule has 2 rings (SSSR count). The average Bonchev–Trinajstić information content (AvgIpc) is 2.82. The number of benzene rings is 1. The zero-order valence-corrected chi connectivity index (χ0v) is 10.6. The van der Waals surface area contributed by atoms with Gasteiger partial charge in [0.15, 0.2) is 0 Å². The van der Waals surface area contributed by atoms with Gasteiger partial charge in [-0.05, 0) is 6.07 Å². The van der Waals surface area contributed by atoms with Gasteiger partial charge in [-0.3, -0.25) is 14.9 Å². The molecule has 110 valence electrons. The predicted molar refractivity (Wildman–Crippen MR) is 68.0 cm³/mol. The van der Waals surface area contributed by atoms with Crippen LogP contribution >= 0.6 is 0 Å². The lowest BCUT2D eigenvalue weighted by atomic mass is 10.2. The summed E-state index contributed by atoms with van der Waals surface area (Å²) in [5.41, 5.74) is 0.268. The fraction of sp³-hybridized carbons (Fsp3) is 0.182. The van der Waals surface area contributed by atoms with E-state index in [1.54, 1.807) is 0 Å². The van der Waals surface area contributed by atoms with Crippen LogP contribution < -0.4 is 5.32 Å². The van der Waals surface area contributed by atoms with Crippen molar-refractivity contribution in [1.82, 2.24) is 15.0 Å². The van der Waals surface area contributed by atoms with Crippen LogP contribution in [-0.4, -0.2) is 31.0 Å². The van der Waals surface area contributed by atoms with E-state index < -0.39 is 16.7 Å². The maximum absolute atomic E-state index is 13.2. The van der Waals surface area contributed by atoms with Gasteiger partial charge in [0.2, 0.25) is 0 Å². The highest BCUT2D eigenvalue weighted by atomic mass is 19.1. The van der Waals surface area contributed by atoms with E-state index >= 15 is 0 Å². The zero-order valence-electron chi connectivity index (χ0n) is 10.6. The second-order valence-corrected chi connectivity index (χ2v) is 4.11. The lowest BCUT2D eigenvalue weighted by Crippen LogP contribution is -2.09. The second-order valence-electron chi connectivity index (χ2n) is 4.11. The summed E-state index contributed by atoms with van der Waals surface area (Å²) in [4.78, 5) is 20.4. The highest BCUT2D eigenvalue weighted by molar-refractivity contribution is 5.66. The topological polar surface area (TPSA) is 123 Å². The summed E-state index contributed by atoms with van der Waals surface area (Å²) in [5, 5.41) is 29.3. The Balaban J connectivity index is 2.04. The highest BCUT2D eigenvalue weighted by Crippen LogP contribution is 2.20. The number of nitro groups is 1. The Morgan fingerprint density at radius 1 is 1.48 bits per heavy atom. The smallest absolute Gasteiger partial charge is 0.325 e. The van der Waals surface area contributed by atoms with E-state index in [4.69, 9.17) is 5.11 Å². The van der Waals surface area contributed by atoms with E-state index in [0.29, 0.717) is 5.69 Å². The third kappa shape index (κ3) is 3.96. The largest absolute Gasteiger partial charge is 0.480 e. The average molecular weight is 295 g/mol. The van der Waals surface area contributed by atoms with Crippen molar-refractivity contribution in [3.8, 4) is 0 Å². The summed E-state index contributed by atoms with van der Waals surface area (Å²) in [6.45, 7) is -0.196. The second kappa shape index (κ2) is 5.94. The number of hydrogen-bond donors (Lipinski definition) is 2. The van der Waals surface area contributed by atoms with Crippen molar-refractivity contribution in [1.29, 1.82) is 0 Å². The van der Waals surface area contributed by atoms with Crippen LogP contribution in [0.5, 0.6) is 0 Å². The van der Waals surface area contributed by atoms with Crippen LogP contribution in [0.3, 0.4) is 0 Å². The first-order valence-electron chi connectivity index (χ1n) is 5.73. The maximum atomic E-state index is 13.2. The molecule has 0 saturated carbocycles. The van der Waals surface area contributed by atoms with Crippen LogP contribution in [0.1, 0.15) is 5.69 Å². The molecule has 0 amide bonds. The number of nitrogens with one attached hydrogen (secondary N) is 1. The first kappa shape index (κ1) is 14.4. The van der Waals surface area contributed by atoms with Gasteiger partial charge in [0, 0.05) is 11.8 Å². The van der Waals surface area contributed by atoms with Gasteiger partial charge in [-0.2, -0.15) is 0 Å².